The van der Waals surface area contributed by atoms with Gasteiger partial charge in [-0.05, 0) is 55.2 Å². The fourth-order valence-corrected chi connectivity index (χ4v) is 6.59. The molecule has 0 aliphatic carbocycles. The number of hydrogen-bond donors (Lipinski definition) is 2. The third-order valence-corrected chi connectivity index (χ3v) is 8.49. The zero-order chi connectivity index (χ0) is 26.8. The summed E-state index contributed by atoms with van der Waals surface area (Å²) >= 11 is 0. The second-order valence-electron chi connectivity index (χ2n) is 10.6. The van der Waals surface area contributed by atoms with E-state index in [0.29, 0.717) is 19.4 Å². The van der Waals surface area contributed by atoms with Crippen LogP contribution in [-0.2, 0) is 11.2 Å². The third-order valence-electron chi connectivity index (χ3n) is 8.49. The number of H-pyrrole nitrogens is 1. The van der Waals surface area contributed by atoms with E-state index in [1.54, 1.807) is 31.0 Å². The van der Waals surface area contributed by atoms with E-state index in [-0.39, 0.29) is 30.4 Å². The van der Waals surface area contributed by atoms with Crippen molar-refractivity contribution < 1.29 is 28.6 Å². The SMILES string of the molecule is C[C@H](O)[C@@H]1C(=O)N2CCc3c([nH]c4c(-c5ccc6c(c5)OCO6)cccc34)[C@@H]2C[C@@H]1N(C)C(=O)c1ccco1. The van der Waals surface area contributed by atoms with Gasteiger partial charge in [-0.3, -0.25) is 9.59 Å². The number of ether oxygens (including phenoxy) is 2. The molecule has 2 amide bonds. The summed E-state index contributed by atoms with van der Waals surface area (Å²) in [6.45, 7) is 2.40. The molecule has 2 aromatic carbocycles. The van der Waals surface area contributed by atoms with Gasteiger partial charge in [-0.2, -0.15) is 0 Å². The minimum atomic E-state index is -0.906. The zero-order valence-electron chi connectivity index (χ0n) is 21.7. The lowest BCUT2D eigenvalue weighted by Gasteiger charge is -2.48. The second-order valence-corrected chi connectivity index (χ2v) is 10.6. The number of nitrogens with one attached hydrogen (secondary N) is 1. The standard InChI is InChI=1S/C30H29N3O6/c1-16(34)26-21(32(2)29(35)24-7-4-12-37-24)14-22-28-20(10-11-33(22)30(26)36)19-6-3-5-18(27(19)31-28)17-8-9-23-25(13-17)39-15-38-23/h3-9,12-13,16,21-22,26,31,34H,10-11,14-15H2,1-2H3/t16-,21-,22-,26-/m0/s1. The Kier molecular flexibility index (Phi) is 5.45. The number of furan rings is 1. The zero-order valence-corrected chi connectivity index (χ0v) is 21.7. The molecule has 0 bridgehead atoms. The van der Waals surface area contributed by atoms with Gasteiger partial charge in [0.15, 0.2) is 17.3 Å². The quantitative estimate of drug-likeness (QED) is 0.413. The number of aliphatic hydroxyl groups is 1. The molecule has 39 heavy (non-hydrogen) atoms. The molecule has 0 unspecified atom stereocenters. The Morgan fingerprint density at radius 1 is 1.15 bits per heavy atom. The highest BCUT2D eigenvalue weighted by atomic mass is 16.7. The predicted octanol–water partition coefficient (Wildman–Crippen LogP) is 4.12. The predicted molar refractivity (Wildman–Crippen MR) is 142 cm³/mol. The van der Waals surface area contributed by atoms with Crippen LogP contribution in [0, 0.1) is 5.92 Å². The molecule has 4 aromatic rings. The number of carbonyl (C=O) groups is 2. The molecule has 2 N–H and O–H groups in total. The Labute approximate surface area is 224 Å². The van der Waals surface area contributed by atoms with Crippen molar-refractivity contribution in [1.82, 2.24) is 14.8 Å². The van der Waals surface area contributed by atoms with E-state index < -0.39 is 18.1 Å². The summed E-state index contributed by atoms with van der Waals surface area (Å²) in [5.74, 6) is 0.502. The molecule has 0 spiro atoms. The number of para-hydroxylation sites is 1. The van der Waals surface area contributed by atoms with Crippen molar-refractivity contribution in [2.45, 2.75) is 38.0 Å². The molecule has 0 radical (unpaired) electrons. The van der Waals surface area contributed by atoms with Gasteiger partial charge in [-0.1, -0.05) is 24.3 Å². The number of aromatic nitrogens is 1. The number of nitrogens with zero attached hydrogens (tertiary/aromatic N) is 2. The van der Waals surface area contributed by atoms with E-state index in [0.717, 1.165) is 39.2 Å². The van der Waals surface area contributed by atoms with E-state index in [2.05, 4.69) is 23.2 Å². The molecular weight excluding hydrogens is 498 g/mol. The highest BCUT2D eigenvalue weighted by Crippen LogP contribution is 2.45. The number of amides is 2. The lowest BCUT2D eigenvalue weighted by Crippen LogP contribution is -2.59. The fourth-order valence-electron chi connectivity index (χ4n) is 6.59. The minimum Gasteiger partial charge on any atom is -0.459 e. The van der Waals surface area contributed by atoms with Gasteiger partial charge in [0, 0.05) is 36.3 Å². The average Bonchev–Trinajstić information content (AvgIpc) is 3.71. The maximum atomic E-state index is 13.8. The normalized spacial score (nSPS) is 22.5. The van der Waals surface area contributed by atoms with Gasteiger partial charge in [-0.15, -0.1) is 0 Å². The monoisotopic (exact) mass is 527 g/mol. The molecule has 7 rings (SSSR count). The Bertz CT molecular complexity index is 1590. The summed E-state index contributed by atoms with van der Waals surface area (Å²) in [4.78, 5) is 34.1. The van der Waals surface area contributed by atoms with Crippen molar-refractivity contribution in [3.63, 3.8) is 0 Å². The first-order valence-corrected chi connectivity index (χ1v) is 13.2. The van der Waals surface area contributed by atoms with E-state index in [1.165, 1.54) is 11.8 Å². The first-order chi connectivity index (χ1) is 18.9. The molecule has 1 saturated heterocycles. The molecule has 5 heterocycles. The van der Waals surface area contributed by atoms with Crippen molar-refractivity contribution in [2.75, 3.05) is 20.4 Å². The summed E-state index contributed by atoms with van der Waals surface area (Å²) < 4.78 is 16.4. The molecule has 1 fully saturated rings. The topological polar surface area (TPSA) is 108 Å². The molecule has 0 saturated carbocycles. The molecule has 4 atom stereocenters. The maximum Gasteiger partial charge on any atom is 0.289 e. The number of rotatable bonds is 4. The first-order valence-electron chi connectivity index (χ1n) is 13.2. The van der Waals surface area contributed by atoms with Crippen molar-refractivity contribution in [2.24, 2.45) is 5.92 Å². The molecule has 9 heteroatoms. The second kappa shape index (κ2) is 8.91. The van der Waals surface area contributed by atoms with Crippen LogP contribution in [0.1, 0.15) is 41.2 Å². The van der Waals surface area contributed by atoms with E-state index in [9.17, 15) is 14.7 Å². The Morgan fingerprint density at radius 2 is 2.00 bits per heavy atom. The van der Waals surface area contributed by atoms with Crippen LogP contribution < -0.4 is 9.47 Å². The van der Waals surface area contributed by atoms with Crippen LogP contribution in [-0.4, -0.2) is 64.2 Å². The number of hydrogen-bond acceptors (Lipinski definition) is 6. The van der Waals surface area contributed by atoms with Gasteiger partial charge in [0.1, 0.15) is 0 Å². The van der Waals surface area contributed by atoms with Crippen LogP contribution in [0.4, 0.5) is 0 Å². The van der Waals surface area contributed by atoms with Gasteiger partial charge >= 0.3 is 0 Å². The van der Waals surface area contributed by atoms with E-state index in [1.807, 2.05) is 23.1 Å². The lowest BCUT2D eigenvalue weighted by molar-refractivity contribution is -0.151. The maximum absolute atomic E-state index is 13.8. The summed E-state index contributed by atoms with van der Waals surface area (Å²) in [7, 11) is 1.68. The number of carbonyl (C=O) groups excluding carboxylic acids is 2. The van der Waals surface area contributed by atoms with Crippen LogP contribution in [0.25, 0.3) is 22.0 Å². The summed E-state index contributed by atoms with van der Waals surface area (Å²) in [6, 6.07) is 14.7. The minimum absolute atomic E-state index is 0.134. The van der Waals surface area contributed by atoms with E-state index in [4.69, 9.17) is 13.9 Å². The fraction of sp³-hybridized carbons (Fsp3) is 0.333. The van der Waals surface area contributed by atoms with Gasteiger partial charge in [0.25, 0.3) is 5.91 Å². The first kappa shape index (κ1) is 23.8. The van der Waals surface area contributed by atoms with Crippen LogP contribution in [0.2, 0.25) is 0 Å². The molecule has 3 aliphatic heterocycles. The average molecular weight is 528 g/mol. The third kappa shape index (κ3) is 3.64. The number of aliphatic hydroxyl groups excluding tert-OH is 1. The summed E-state index contributed by atoms with van der Waals surface area (Å²) in [5, 5.41) is 11.8. The molecule has 2 aromatic heterocycles. The van der Waals surface area contributed by atoms with Crippen LogP contribution in [0.5, 0.6) is 11.5 Å². The van der Waals surface area contributed by atoms with Crippen LogP contribution >= 0.6 is 0 Å². The van der Waals surface area contributed by atoms with Crippen molar-refractivity contribution >= 4 is 22.7 Å². The van der Waals surface area contributed by atoms with Gasteiger partial charge < -0.3 is 33.8 Å². The Morgan fingerprint density at radius 3 is 2.79 bits per heavy atom. The Hall–Kier alpha value is -4.24. The molecular formula is C30H29N3O6. The lowest BCUT2D eigenvalue weighted by atomic mass is 9.79. The molecule has 200 valence electrons. The van der Waals surface area contributed by atoms with Gasteiger partial charge in [-0.25, -0.2) is 0 Å². The number of fused-ring (bicyclic) bond motifs is 6. The smallest absolute Gasteiger partial charge is 0.289 e. The highest BCUT2D eigenvalue weighted by Gasteiger charge is 2.49. The highest BCUT2D eigenvalue weighted by molar-refractivity contribution is 5.98. The number of aromatic amines is 1. The van der Waals surface area contributed by atoms with Gasteiger partial charge in [0.2, 0.25) is 12.7 Å². The number of piperidine rings is 1. The van der Waals surface area contributed by atoms with Gasteiger partial charge in [0.05, 0.1) is 29.8 Å². The van der Waals surface area contributed by atoms with Crippen LogP contribution in [0.15, 0.2) is 59.2 Å². The Balaban J connectivity index is 1.30. The summed E-state index contributed by atoms with van der Waals surface area (Å²) in [5.41, 5.74) is 5.24. The van der Waals surface area contributed by atoms with E-state index >= 15 is 0 Å². The largest absolute Gasteiger partial charge is 0.459 e. The molecule has 3 aliphatic rings. The summed E-state index contributed by atoms with van der Waals surface area (Å²) in [6.07, 6.45) is 1.76. The van der Waals surface area contributed by atoms with Crippen LogP contribution in [0.3, 0.4) is 0 Å². The van der Waals surface area contributed by atoms with Crippen molar-refractivity contribution in [3.05, 3.63) is 71.8 Å². The van der Waals surface area contributed by atoms with Crippen molar-refractivity contribution in [1.29, 1.82) is 0 Å². The number of benzene rings is 2. The molecule has 9 nitrogen and oxygen atoms in total. The van der Waals surface area contributed by atoms with Crippen molar-refractivity contribution in [3.8, 4) is 22.6 Å².